The molecule has 26 heavy (non-hydrogen) atoms. The molecule has 1 amide bonds. The summed E-state index contributed by atoms with van der Waals surface area (Å²) in [5, 5.41) is 2.97. The first-order chi connectivity index (χ1) is 12.6. The van der Waals surface area contributed by atoms with Crippen LogP contribution in [0.2, 0.25) is 0 Å². The average molecular weight is 361 g/mol. The fraction of sp³-hybridized carbons (Fsp3) is 0.143. The van der Waals surface area contributed by atoms with Crippen molar-refractivity contribution in [2.24, 2.45) is 10.7 Å². The molecule has 0 saturated heterocycles. The van der Waals surface area contributed by atoms with E-state index in [4.69, 9.17) is 5.73 Å². The van der Waals surface area contributed by atoms with Crippen molar-refractivity contribution in [2.45, 2.75) is 19.9 Å². The number of amides is 1. The Morgan fingerprint density at radius 1 is 1.08 bits per heavy atom. The Balaban J connectivity index is 1.87. The normalized spacial score (nSPS) is 19.2. The van der Waals surface area contributed by atoms with Crippen LogP contribution in [0.4, 0.5) is 0 Å². The third-order valence-electron chi connectivity index (χ3n) is 4.65. The van der Waals surface area contributed by atoms with Crippen molar-refractivity contribution in [1.82, 2.24) is 4.90 Å². The minimum absolute atomic E-state index is 0.274. The lowest BCUT2D eigenvalue weighted by molar-refractivity contribution is -0.115. The van der Waals surface area contributed by atoms with E-state index in [-0.39, 0.29) is 6.04 Å². The maximum atomic E-state index is 12.3. The molecule has 2 aliphatic heterocycles. The fourth-order valence-corrected chi connectivity index (χ4v) is 4.35. The highest BCUT2D eigenvalue weighted by Gasteiger charge is 2.39. The quantitative estimate of drug-likeness (QED) is 0.891. The van der Waals surface area contributed by atoms with Crippen LogP contribution >= 0.6 is 11.8 Å². The van der Waals surface area contributed by atoms with Crippen molar-refractivity contribution in [2.75, 3.05) is 0 Å². The maximum Gasteiger partial charge on any atom is 0.248 e. The number of hydrogen-bond acceptors (Lipinski definition) is 4. The molecule has 0 spiro atoms. The number of amidine groups is 1. The van der Waals surface area contributed by atoms with Gasteiger partial charge in [-0.1, -0.05) is 71.9 Å². The number of benzene rings is 2. The van der Waals surface area contributed by atoms with E-state index in [1.54, 1.807) is 11.8 Å². The second-order valence-electron chi connectivity index (χ2n) is 6.43. The molecule has 0 saturated carbocycles. The van der Waals surface area contributed by atoms with Crippen molar-refractivity contribution in [3.63, 3.8) is 0 Å². The topological polar surface area (TPSA) is 58.7 Å². The summed E-state index contributed by atoms with van der Waals surface area (Å²) >= 11 is 1.58. The zero-order valence-electron chi connectivity index (χ0n) is 14.6. The highest BCUT2D eigenvalue weighted by molar-refractivity contribution is 8.16. The number of hydrogen-bond donors (Lipinski definition) is 1. The summed E-state index contributed by atoms with van der Waals surface area (Å²) in [6.07, 6.45) is 0. The zero-order chi connectivity index (χ0) is 18.3. The molecule has 2 heterocycles. The highest BCUT2D eigenvalue weighted by atomic mass is 32.2. The van der Waals surface area contributed by atoms with Gasteiger partial charge in [-0.05, 0) is 25.0 Å². The number of aryl methyl sites for hydroxylation is 1. The number of rotatable bonds is 3. The van der Waals surface area contributed by atoms with E-state index in [2.05, 4.69) is 46.5 Å². The van der Waals surface area contributed by atoms with E-state index >= 15 is 0 Å². The van der Waals surface area contributed by atoms with E-state index in [0.717, 1.165) is 22.0 Å². The molecule has 5 heteroatoms. The third kappa shape index (κ3) is 2.74. The number of nitrogens with zero attached hydrogens (tertiary/aromatic N) is 2. The summed E-state index contributed by atoms with van der Waals surface area (Å²) < 4.78 is 0. The number of thioether (sulfide) groups is 1. The fourth-order valence-electron chi connectivity index (χ4n) is 3.38. The van der Waals surface area contributed by atoms with Gasteiger partial charge >= 0.3 is 0 Å². The SMILES string of the molecule is CC1=C(C(N)=O)C(c2ccccc2)N2C(c3ccc(C)cc3)=CSC2=N1. The van der Waals surface area contributed by atoms with E-state index in [1.807, 2.05) is 37.3 Å². The highest BCUT2D eigenvalue weighted by Crippen LogP contribution is 2.46. The van der Waals surface area contributed by atoms with Gasteiger partial charge in [-0.3, -0.25) is 4.79 Å². The van der Waals surface area contributed by atoms with Crippen molar-refractivity contribution in [3.8, 4) is 0 Å². The maximum absolute atomic E-state index is 12.3. The van der Waals surface area contributed by atoms with Crippen molar-refractivity contribution in [3.05, 3.63) is 88.0 Å². The molecule has 1 atom stereocenters. The lowest BCUT2D eigenvalue weighted by atomic mass is 9.93. The Kier molecular flexibility index (Phi) is 4.17. The number of carbonyl (C=O) groups excluding carboxylic acids is 1. The van der Waals surface area contributed by atoms with Crippen molar-refractivity contribution < 1.29 is 4.79 Å². The lowest BCUT2D eigenvalue weighted by Gasteiger charge is -2.36. The van der Waals surface area contributed by atoms with E-state index < -0.39 is 5.91 Å². The number of carbonyl (C=O) groups is 1. The van der Waals surface area contributed by atoms with Gasteiger partial charge in [0.15, 0.2) is 5.17 Å². The molecule has 2 aliphatic rings. The molecular formula is C21H19N3OS. The van der Waals surface area contributed by atoms with Gasteiger partial charge in [-0.2, -0.15) is 0 Å². The zero-order valence-corrected chi connectivity index (χ0v) is 15.5. The predicted molar refractivity (Wildman–Crippen MR) is 107 cm³/mol. The molecule has 0 aromatic heterocycles. The molecule has 0 aliphatic carbocycles. The van der Waals surface area contributed by atoms with Crippen LogP contribution in [0.1, 0.15) is 29.7 Å². The van der Waals surface area contributed by atoms with Gasteiger partial charge in [-0.25, -0.2) is 4.99 Å². The van der Waals surface area contributed by atoms with Crippen LogP contribution in [-0.2, 0) is 4.79 Å². The Bertz CT molecular complexity index is 959. The van der Waals surface area contributed by atoms with Crippen molar-refractivity contribution >= 4 is 28.5 Å². The summed E-state index contributed by atoms with van der Waals surface area (Å²) in [6.45, 7) is 3.92. The molecular weight excluding hydrogens is 342 g/mol. The summed E-state index contributed by atoms with van der Waals surface area (Å²) in [4.78, 5) is 19.0. The Hall–Kier alpha value is -2.79. The van der Waals surface area contributed by atoms with Gasteiger partial charge in [-0.15, -0.1) is 0 Å². The number of primary amides is 1. The molecule has 1 unspecified atom stereocenters. The monoisotopic (exact) mass is 361 g/mol. The standard InChI is InChI=1S/C21H19N3OS/c1-13-8-10-15(11-9-13)17-12-26-21-23-14(2)18(20(22)25)19(24(17)21)16-6-4-3-5-7-16/h3-12,19H,1-2H3,(H2,22,25). The summed E-state index contributed by atoms with van der Waals surface area (Å²) in [6, 6.07) is 18.1. The predicted octanol–water partition coefficient (Wildman–Crippen LogP) is 4.21. The largest absolute Gasteiger partial charge is 0.366 e. The number of nitrogens with two attached hydrogens (primary N) is 1. The molecule has 2 aromatic rings. The molecule has 4 rings (SSSR count). The summed E-state index contributed by atoms with van der Waals surface area (Å²) in [5.41, 5.74) is 11.3. The molecule has 0 bridgehead atoms. The number of fused-ring (bicyclic) bond motifs is 1. The van der Waals surface area contributed by atoms with Crippen LogP contribution in [0.15, 0.2) is 76.3 Å². The van der Waals surface area contributed by atoms with Crippen LogP contribution in [0.3, 0.4) is 0 Å². The van der Waals surface area contributed by atoms with Crippen LogP contribution in [0, 0.1) is 6.92 Å². The van der Waals surface area contributed by atoms with Crippen molar-refractivity contribution in [1.29, 1.82) is 0 Å². The van der Waals surface area contributed by atoms with Crippen LogP contribution < -0.4 is 5.73 Å². The molecule has 2 aromatic carbocycles. The smallest absolute Gasteiger partial charge is 0.248 e. The minimum atomic E-state index is -0.431. The lowest BCUT2D eigenvalue weighted by Crippen LogP contribution is -2.37. The summed E-state index contributed by atoms with van der Waals surface area (Å²) in [7, 11) is 0. The first-order valence-corrected chi connectivity index (χ1v) is 9.31. The summed E-state index contributed by atoms with van der Waals surface area (Å²) in [5.74, 6) is -0.431. The first kappa shape index (κ1) is 16.7. The van der Waals surface area contributed by atoms with E-state index in [9.17, 15) is 4.79 Å². The van der Waals surface area contributed by atoms with Gasteiger partial charge in [0, 0.05) is 5.41 Å². The Labute approximate surface area is 157 Å². The van der Waals surface area contributed by atoms with E-state index in [0.29, 0.717) is 11.3 Å². The van der Waals surface area contributed by atoms with Gasteiger partial charge in [0.25, 0.3) is 0 Å². The van der Waals surface area contributed by atoms with Crippen LogP contribution in [0.25, 0.3) is 5.70 Å². The molecule has 0 fully saturated rings. The average Bonchev–Trinajstić information content (AvgIpc) is 3.05. The van der Waals surface area contributed by atoms with Crippen LogP contribution in [0.5, 0.6) is 0 Å². The van der Waals surface area contributed by atoms with Gasteiger partial charge < -0.3 is 10.6 Å². The molecule has 2 N–H and O–H groups in total. The van der Waals surface area contributed by atoms with Crippen LogP contribution in [-0.4, -0.2) is 16.0 Å². The molecule has 130 valence electrons. The Morgan fingerprint density at radius 2 is 1.77 bits per heavy atom. The van der Waals surface area contributed by atoms with Gasteiger partial charge in [0.05, 0.1) is 23.0 Å². The number of allylic oxidation sites excluding steroid dienone is 1. The Morgan fingerprint density at radius 3 is 2.42 bits per heavy atom. The van der Waals surface area contributed by atoms with Gasteiger partial charge in [0.2, 0.25) is 5.91 Å². The van der Waals surface area contributed by atoms with E-state index in [1.165, 1.54) is 5.56 Å². The molecule has 4 nitrogen and oxygen atoms in total. The van der Waals surface area contributed by atoms with Gasteiger partial charge in [0.1, 0.15) is 0 Å². The number of aliphatic imine (C=N–C) groups is 1. The first-order valence-electron chi connectivity index (χ1n) is 8.43. The second-order valence-corrected chi connectivity index (χ2v) is 7.26. The minimum Gasteiger partial charge on any atom is -0.366 e. The second kappa shape index (κ2) is 6.50. The third-order valence-corrected chi connectivity index (χ3v) is 5.49. The molecule has 0 radical (unpaired) electrons.